The number of nitrogens with zero attached hydrogens (tertiary/aromatic N) is 1. The number of nitrogens with one attached hydrogen (secondary N) is 2. The molecule has 1 aliphatic rings. The number of amides is 3. The maximum Gasteiger partial charge on any atom is 0.317 e. The predicted molar refractivity (Wildman–Crippen MR) is 74.8 cm³/mol. The van der Waals surface area contributed by atoms with E-state index in [4.69, 9.17) is 4.74 Å². The van der Waals surface area contributed by atoms with E-state index < -0.39 is 23.5 Å². The van der Waals surface area contributed by atoms with E-state index in [2.05, 4.69) is 10.6 Å². The highest BCUT2D eigenvalue weighted by Gasteiger charge is 2.47. The van der Waals surface area contributed by atoms with E-state index in [1.807, 2.05) is 13.8 Å². The van der Waals surface area contributed by atoms with Gasteiger partial charge in [0.1, 0.15) is 12.0 Å². The van der Waals surface area contributed by atoms with Crippen LogP contribution in [0.5, 0.6) is 0 Å². The molecule has 1 rings (SSSR count). The van der Waals surface area contributed by atoms with Crippen LogP contribution in [-0.4, -0.2) is 66.8 Å². The van der Waals surface area contributed by atoms with Crippen molar-refractivity contribution in [3.63, 3.8) is 0 Å². The van der Waals surface area contributed by atoms with Crippen LogP contribution in [-0.2, 0) is 14.3 Å². The van der Waals surface area contributed by atoms with E-state index in [-0.39, 0.29) is 31.7 Å². The van der Waals surface area contributed by atoms with Crippen molar-refractivity contribution in [1.29, 1.82) is 0 Å². The molecule has 1 heterocycles. The van der Waals surface area contributed by atoms with Crippen LogP contribution in [0.15, 0.2) is 0 Å². The molecule has 8 heteroatoms. The summed E-state index contributed by atoms with van der Waals surface area (Å²) in [4.78, 5) is 36.1. The zero-order valence-corrected chi connectivity index (χ0v) is 12.8. The number of hydrogen-bond donors (Lipinski definition) is 3. The Kier molecular flexibility index (Phi) is 5.54. The molecular formula is C13H23N3O5. The highest BCUT2D eigenvalue weighted by molar-refractivity contribution is 5.84. The minimum atomic E-state index is -1.16. The summed E-state index contributed by atoms with van der Waals surface area (Å²) >= 11 is 0. The molecule has 0 aliphatic carbocycles. The quantitative estimate of drug-likeness (QED) is 0.643. The molecule has 0 bridgehead atoms. The summed E-state index contributed by atoms with van der Waals surface area (Å²) in [5, 5.41) is 14.5. The fourth-order valence-corrected chi connectivity index (χ4v) is 2.00. The first-order valence-corrected chi connectivity index (χ1v) is 6.79. The Balaban J connectivity index is 2.56. The number of carbonyl (C=O) groups is 3. The third-order valence-electron chi connectivity index (χ3n) is 3.42. The third kappa shape index (κ3) is 4.32. The number of carboxylic acid groups (broad SMARTS) is 1. The summed E-state index contributed by atoms with van der Waals surface area (Å²) < 4.78 is 5.16. The van der Waals surface area contributed by atoms with Gasteiger partial charge < -0.3 is 25.4 Å². The Hall–Kier alpha value is -1.83. The summed E-state index contributed by atoms with van der Waals surface area (Å²) in [5.41, 5.74) is -1.16. The summed E-state index contributed by atoms with van der Waals surface area (Å²) in [6.45, 7) is 5.27. The highest BCUT2D eigenvalue weighted by Crippen LogP contribution is 2.28. The number of carboxylic acids is 1. The molecule has 0 aromatic rings. The monoisotopic (exact) mass is 301 g/mol. The molecule has 0 spiro atoms. The maximum absolute atomic E-state index is 12.0. The van der Waals surface area contributed by atoms with E-state index in [9.17, 15) is 19.5 Å². The molecule has 0 aromatic carbocycles. The number of hydrogen-bond acceptors (Lipinski definition) is 4. The number of carbonyl (C=O) groups excluding carboxylic acids is 2. The Morgan fingerprint density at radius 1 is 1.43 bits per heavy atom. The topological polar surface area (TPSA) is 108 Å². The standard InChI is InChI=1S/C13H23N3O5/c1-8(2)14-10(17)5-16(4)12(20)15-9-6-21-7-13(9,3)11(18)19/h8-9H,5-7H2,1-4H3,(H,14,17)(H,15,20)(H,18,19). The van der Waals surface area contributed by atoms with Crippen molar-refractivity contribution in [3.8, 4) is 0 Å². The average molecular weight is 301 g/mol. The van der Waals surface area contributed by atoms with E-state index >= 15 is 0 Å². The fourth-order valence-electron chi connectivity index (χ4n) is 2.00. The molecule has 2 atom stereocenters. The molecule has 21 heavy (non-hydrogen) atoms. The molecule has 8 nitrogen and oxygen atoms in total. The molecular weight excluding hydrogens is 278 g/mol. The molecule has 2 unspecified atom stereocenters. The van der Waals surface area contributed by atoms with Crippen molar-refractivity contribution < 1.29 is 24.2 Å². The predicted octanol–water partition coefficient (Wildman–Crippen LogP) is -0.358. The summed E-state index contributed by atoms with van der Waals surface area (Å²) in [7, 11) is 1.48. The lowest BCUT2D eigenvalue weighted by molar-refractivity contribution is -0.148. The molecule has 0 aromatic heterocycles. The maximum atomic E-state index is 12.0. The molecule has 3 N–H and O–H groups in total. The van der Waals surface area contributed by atoms with Gasteiger partial charge in [-0.1, -0.05) is 0 Å². The van der Waals surface area contributed by atoms with Crippen LogP contribution in [0.25, 0.3) is 0 Å². The Bertz CT molecular complexity index is 426. The number of aliphatic carboxylic acids is 1. The number of ether oxygens (including phenoxy) is 1. The molecule has 3 amide bonds. The van der Waals surface area contributed by atoms with E-state index in [1.54, 1.807) is 0 Å². The van der Waals surface area contributed by atoms with Gasteiger partial charge in [-0.15, -0.1) is 0 Å². The lowest BCUT2D eigenvalue weighted by Gasteiger charge is -2.27. The average Bonchev–Trinajstić information content (AvgIpc) is 2.71. The van der Waals surface area contributed by atoms with Crippen molar-refractivity contribution in [1.82, 2.24) is 15.5 Å². The minimum absolute atomic E-state index is 0.00695. The van der Waals surface area contributed by atoms with Crippen molar-refractivity contribution in [2.75, 3.05) is 26.8 Å². The van der Waals surface area contributed by atoms with Crippen LogP contribution in [0.3, 0.4) is 0 Å². The second kappa shape index (κ2) is 6.75. The van der Waals surface area contributed by atoms with Gasteiger partial charge >= 0.3 is 12.0 Å². The van der Waals surface area contributed by atoms with Gasteiger partial charge in [-0.2, -0.15) is 0 Å². The molecule has 1 saturated heterocycles. The van der Waals surface area contributed by atoms with Gasteiger partial charge in [0.15, 0.2) is 0 Å². The zero-order valence-electron chi connectivity index (χ0n) is 12.8. The summed E-state index contributed by atoms with van der Waals surface area (Å²) in [5.74, 6) is -1.29. The number of likely N-dealkylation sites (N-methyl/N-ethyl adjacent to an activating group) is 1. The Labute approximate surface area is 123 Å². The van der Waals surface area contributed by atoms with E-state index in [0.29, 0.717) is 0 Å². The molecule has 0 radical (unpaired) electrons. The molecule has 120 valence electrons. The minimum Gasteiger partial charge on any atom is -0.481 e. The highest BCUT2D eigenvalue weighted by atomic mass is 16.5. The smallest absolute Gasteiger partial charge is 0.317 e. The van der Waals surface area contributed by atoms with Crippen LogP contribution < -0.4 is 10.6 Å². The zero-order chi connectivity index (χ0) is 16.2. The molecule has 1 fully saturated rings. The largest absolute Gasteiger partial charge is 0.481 e. The normalized spacial score (nSPS) is 24.7. The van der Waals surface area contributed by atoms with Crippen LogP contribution >= 0.6 is 0 Å². The van der Waals surface area contributed by atoms with Gasteiger partial charge in [0.2, 0.25) is 5.91 Å². The van der Waals surface area contributed by atoms with Crippen LogP contribution in [0.2, 0.25) is 0 Å². The van der Waals surface area contributed by atoms with Gasteiger partial charge in [-0.3, -0.25) is 9.59 Å². The first-order chi connectivity index (χ1) is 9.66. The van der Waals surface area contributed by atoms with Gasteiger partial charge in [-0.05, 0) is 20.8 Å². The van der Waals surface area contributed by atoms with Crippen LogP contribution in [0, 0.1) is 5.41 Å². The first kappa shape index (κ1) is 17.2. The van der Waals surface area contributed by atoms with Crippen molar-refractivity contribution in [2.24, 2.45) is 5.41 Å². The third-order valence-corrected chi connectivity index (χ3v) is 3.42. The van der Waals surface area contributed by atoms with Gasteiger partial charge in [-0.25, -0.2) is 4.79 Å². The van der Waals surface area contributed by atoms with Gasteiger partial charge in [0, 0.05) is 13.1 Å². The summed E-state index contributed by atoms with van der Waals surface area (Å²) in [6, 6.07) is -1.14. The second-order valence-electron chi connectivity index (χ2n) is 5.82. The van der Waals surface area contributed by atoms with E-state index in [0.717, 1.165) is 0 Å². The number of rotatable bonds is 5. The van der Waals surface area contributed by atoms with Crippen LogP contribution in [0.1, 0.15) is 20.8 Å². The Morgan fingerprint density at radius 3 is 2.57 bits per heavy atom. The molecule has 1 aliphatic heterocycles. The SMILES string of the molecule is CC(C)NC(=O)CN(C)C(=O)NC1COCC1(C)C(=O)O. The lowest BCUT2D eigenvalue weighted by Crippen LogP contribution is -2.54. The van der Waals surface area contributed by atoms with Crippen molar-refractivity contribution in [3.05, 3.63) is 0 Å². The van der Waals surface area contributed by atoms with Crippen molar-refractivity contribution >= 4 is 17.9 Å². The van der Waals surface area contributed by atoms with Gasteiger partial charge in [0.25, 0.3) is 0 Å². The molecule has 0 saturated carbocycles. The van der Waals surface area contributed by atoms with Crippen molar-refractivity contribution in [2.45, 2.75) is 32.9 Å². The summed E-state index contributed by atoms with van der Waals surface area (Å²) in [6.07, 6.45) is 0. The van der Waals surface area contributed by atoms with E-state index in [1.165, 1.54) is 18.9 Å². The van der Waals surface area contributed by atoms with Crippen LogP contribution in [0.4, 0.5) is 4.79 Å². The number of urea groups is 1. The Morgan fingerprint density at radius 2 is 2.05 bits per heavy atom. The fraction of sp³-hybridized carbons (Fsp3) is 0.769. The first-order valence-electron chi connectivity index (χ1n) is 6.79. The van der Waals surface area contributed by atoms with Gasteiger partial charge in [0.05, 0.1) is 19.3 Å². The lowest BCUT2D eigenvalue weighted by atomic mass is 9.85. The second-order valence-corrected chi connectivity index (χ2v) is 5.82.